The van der Waals surface area contributed by atoms with Gasteiger partial charge in [-0.15, -0.1) is 0 Å². The van der Waals surface area contributed by atoms with Crippen molar-refractivity contribution in [3.05, 3.63) is 53.6 Å². The number of nitrogens with zero attached hydrogens (tertiary/aromatic N) is 3. The first-order chi connectivity index (χ1) is 13.2. The molecule has 4 nitrogen and oxygen atoms in total. The zero-order valence-electron chi connectivity index (χ0n) is 16.5. The molecule has 154 valence electrons. The number of aromatic nitrogens is 2. The van der Waals surface area contributed by atoms with Gasteiger partial charge >= 0.3 is 6.18 Å². The number of hydrogen-bond acceptors (Lipinski definition) is 3. The van der Waals surface area contributed by atoms with E-state index >= 15 is 0 Å². The van der Waals surface area contributed by atoms with Crippen LogP contribution in [0.5, 0.6) is 0 Å². The van der Waals surface area contributed by atoms with E-state index in [1.165, 1.54) is 12.1 Å². The Morgan fingerprint density at radius 2 is 1.93 bits per heavy atom. The van der Waals surface area contributed by atoms with Crippen molar-refractivity contribution in [2.45, 2.75) is 57.9 Å². The summed E-state index contributed by atoms with van der Waals surface area (Å²) in [5.74, 6) is 1.56. The lowest BCUT2D eigenvalue weighted by atomic mass is 9.89. The summed E-state index contributed by atoms with van der Waals surface area (Å²) in [6.07, 6.45) is 1.35. The first kappa shape index (κ1) is 20.9. The topological polar surface area (TPSA) is 47.1 Å². The van der Waals surface area contributed by atoms with Gasteiger partial charge in [0.25, 0.3) is 0 Å². The Balaban J connectivity index is 1.75. The van der Waals surface area contributed by atoms with Crippen LogP contribution in [0.25, 0.3) is 0 Å². The molecule has 1 aliphatic heterocycles. The maximum atomic E-state index is 12.9. The van der Waals surface area contributed by atoms with Crippen molar-refractivity contribution in [1.82, 2.24) is 14.5 Å². The highest BCUT2D eigenvalue weighted by Crippen LogP contribution is 2.32. The molecule has 28 heavy (non-hydrogen) atoms. The summed E-state index contributed by atoms with van der Waals surface area (Å²) in [6.45, 7) is 7.58. The van der Waals surface area contributed by atoms with Gasteiger partial charge in [0.15, 0.2) is 0 Å². The fraction of sp³-hybridized carbons (Fsp3) is 0.571. The maximum Gasteiger partial charge on any atom is 0.416 e. The minimum Gasteiger partial charge on any atom is -0.333 e. The molecule has 0 aliphatic carbocycles. The fourth-order valence-electron chi connectivity index (χ4n) is 3.93. The number of imidazole rings is 1. The van der Waals surface area contributed by atoms with Crippen LogP contribution in [-0.2, 0) is 19.3 Å². The van der Waals surface area contributed by atoms with Crippen molar-refractivity contribution in [1.29, 1.82) is 0 Å². The second-order valence-corrected chi connectivity index (χ2v) is 8.23. The van der Waals surface area contributed by atoms with Crippen LogP contribution in [-0.4, -0.2) is 33.6 Å². The fourth-order valence-corrected chi connectivity index (χ4v) is 3.93. The Labute approximate surface area is 164 Å². The van der Waals surface area contributed by atoms with E-state index in [9.17, 15) is 13.2 Å². The van der Waals surface area contributed by atoms with E-state index in [1.54, 1.807) is 18.3 Å². The van der Waals surface area contributed by atoms with E-state index < -0.39 is 11.7 Å². The molecule has 0 amide bonds. The van der Waals surface area contributed by atoms with E-state index in [2.05, 4.69) is 28.3 Å². The standard InChI is InChI=1S/C21H29F3N4/c1-15(2)11-17(16-3-5-18(6-4-16)21(22,23)24)12-28-10-8-26-20(28)14-27-9-7-19(25)13-27/h3-6,8,10,15,17,19H,7,9,11-14,25H2,1-2H3. The molecule has 0 radical (unpaired) electrons. The smallest absolute Gasteiger partial charge is 0.333 e. The van der Waals surface area contributed by atoms with Crippen LogP contribution in [0, 0.1) is 5.92 Å². The number of rotatable bonds is 7. The lowest BCUT2D eigenvalue weighted by Gasteiger charge is -2.23. The summed E-state index contributed by atoms with van der Waals surface area (Å²) in [6, 6.07) is 5.83. The molecule has 2 atom stereocenters. The first-order valence-electron chi connectivity index (χ1n) is 9.87. The van der Waals surface area contributed by atoms with Gasteiger partial charge in [-0.25, -0.2) is 4.98 Å². The Kier molecular flexibility index (Phi) is 6.45. The molecule has 0 bridgehead atoms. The Bertz CT molecular complexity index is 752. The third kappa shape index (κ3) is 5.35. The zero-order chi connectivity index (χ0) is 20.3. The number of nitrogens with two attached hydrogens (primary N) is 1. The Morgan fingerprint density at radius 3 is 2.50 bits per heavy atom. The lowest BCUT2D eigenvalue weighted by molar-refractivity contribution is -0.137. The van der Waals surface area contributed by atoms with Crippen LogP contribution < -0.4 is 5.73 Å². The van der Waals surface area contributed by atoms with Crippen molar-refractivity contribution in [2.24, 2.45) is 11.7 Å². The van der Waals surface area contributed by atoms with Gasteiger partial charge in [0.05, 0.1) is 12.1 Å². The molecule has 2 N–H and O–H groups in total. The van der Waals surface area contributed by atoms with E-state index in [-0.39, 0.29) is 12.0 Å². The van der Waals surface area contributed by atoms with Crippen LogP contribution in [0.4, 0.5) is 13.2 Å². The average Bonchev–Trinajstić information content (AvgIpc) is 3.22. The van der Waals surface area contributed by atoms with Crippen LogP contribution in [0.1, 0.15) is 49.6 Å². The van der Waals surface area contributed by atoms with E-state index in [4.69, 9.17) is 5.73 Å². The molecule has 0 spiro atoms. The first-order valence-corrected chi connectivity index (χ1v) is 9.87. The summed E-state index contributed by atoms with van der Waals surface area (Å²) in [4.78, 5) is 6.81. The predicted octanol–water partition coefficient (Wildman–Crippen LogP) is 4.26. The Hall–Kier alpha value is -1.86. The van der Waals surface area contributed by atoms with E-state index in [0.29, 0.717) is 12.5 Å². The molecular weight excluding hydrogens is 365 g/mol. The van der Waals surface area contributed by atoms with E-state index in [0.717, 1.165) is 43.9 Å². The molecular formula is C21H29F3N4. The maximum absolute atomic E-state index is 12.9. The summed E-state index contributed by atoms with van der Waals surface area (Å²) in [5.41, 5.74) is 6.33. The summed E-state index contributed by atoms with van der Waals surface area (Å²) in [5, 5.41) is 0. The molecule has 2 aromatic rings. The van der Waals surface area contributed by atoms with Gasteiger partial charge in [-0.1, -0.05) is 26.0 Å². The molecule has 2 heterocycles. The third-order valence-electron chi connectivity index (χ3n) is 5.36. The third-order valence-corrected chi connectivity index (χ3v) is 5.36. The quantitative estimate of drug-likeness (QED) is 0.763. The van der Waals surface area contributed by atoms with Gasteiger partial charge < -0.3 is 10.3 Å². The van der Waals surface area contributed by atoms with Crippen molar-refractivity contribution >= 4 is 0 Å². The van der Waals surface area contributed by atoms with Crippen LogP contribution >= 0.6 is 0 Å². The van der Waals surface area contributed by atoms with Gasteiger partial charge in [-0.2, -0.15) is 13.2 Å². The minimum absolute atomic E-state index is 0.135. The summed E-state index contributed by atoms with van der Waals surface area (Å²) in [7, 11) is 0. The zero-order valence-corrected chi connectivity index (χ0v) is 16.5. The lowest BCUT2D eigenvalue weighted by Crippen LogP contribution is -2.27. The number of likely N-dealkylation sites (tertiary alicyclic amines) is 1. The van der Waals surface area contributed by atoms with Gasteiger partial charge in [0.1, 0.15) is 5.82 Å². The van der Waals surface area contributed by atoms with Crippen LogP contribution in [0.15, 0.2) is 36.7 Å². The van der Waals surface area contributed by atoms with Crippen molar-refractivity contribution in [2.75, 3.05) is 13.1 Å². The Morgan fingerprint density at radius 1 is 1.21 bits per heavy atom. The molecule has 1 fully saturated rings. The normalized spacial score (nSPS) is 19.5. The highest BCUT2D eigenvalue weighted by Gasteiger charge is 2.30. The molecule has 1 aliphatic rings. The van der Waals surface area contributed by atoms with Crippen molar-refractivity contribution in [3.63, 3.8) is 0 Å². The second-order valence-electron chi connectivity index (χ2n) is 8.23. The minimum atomic E-state index is -4.31. The van der Waals surface area contributed by atoms with Gasteiger partial charge in [0, 0.05) is 44.0 Å². The number of benzene rings is 1. The van der Waals surface area contributed by atoms with Crippen LogP contribution in [0.3, 0.4) is 0 Å². The highest BCUT2D eigenvalue weighted by molar-refractivity contribution is 5.27. The summed E-state index contributed by atoms with van der Waals surface area (Å²) >= 11 is 0. The number of halogens is 3. The average molecular weight is 394 g/mol. The second kappa shape index (κ2) is 8.66. The largest absolute Gasteiger partial charge is 0.416 e. The molecule has 1 aromatic heterocycles. The van der Waals surface area contributed by atoms with Crippen molar-refractivity contribution in [3.8, 4) is 0 Å². The van der Waals surface area contributed by atoms with Crippen molar-refractivity contribution < 1.29 is 13.2 Å². The molecule has 2 unspecified atom stereocenters. The van der Waals surface area contributed by atoms with Gasteiger partial charge in [-0.3, -0.25) is 4.90 Å². The molecule has 1 saturated heterocycles. The van der Waals surface area contributed by atoms with Gasteiger partial charge in [0.2, 0.25) is 0 Å². The number of alkyl halides is 3. The number of hydrogen-bond donors (Lipinski definition) is 1. The molecule has 1 aromatic carbocycles. The summed E-state index contributed by atoms with van der Waals surface area (Å²) < 4.78 is 40.8. The molecule has 3 rings (SSSR count). The van der Waals surface area contributed by atoms with Crippen LogP contribution in [0.2, 0.25) is 0 Å². The highest BCUT2D eigenvalue weighted by atomic mass is 19.4. The molecule has 7 heteroatoms. The van der Waals surface area contributed by atoms with E-state index in [1.807, 2.05) is 6.20 Å². The van der Waals surface area contributed by atoms with Gasteiger partial charge in [-0.05, 0) is 36.5 Å². The SMILES string of the molecule is CC(C)CC(Cn1ccnc1CN1CCC(N)C1)c1ccc(C(F)(F)F)cc1. The monoisotopic (exact) mass is 394 g/mol. The molecule has 0 saturated carbocycles. The predicted molar refractivity (Wildman–Crippen MR) is 104 cm³/mol.